The molecule has 0 atom stereocenters. The number of carboxylic acid groups (broad SMARTS) is 2. The number of benzene rings is 2. The second-order valence-corrected chi connectivity index (χ2v) is 7.61. The Labute approximate surface area is 198 Å². The number of nitrogens with two attached hydrogens (primary N) is 2. The third kappa shape index (κ3) is 6.92. The number of hydrogen-bond acceptors (Lipinski definition) is 9. The maximum atomic E-state index is 12.0. The van der Waals surface area contributed by atoms with Crippen LogP contribution in [0.5, 0.6) is 0 Å². The van der Waals surface area contributed by atoms with Gasteiger partial charge in [-0.15, -0.1) is 0 Å². The van der Waals surface area contributed by atoms with Gasteiger partial charge >= 0.3 is 23.5 Å². The molecule has 0 fully saturated rings. The number of carboxylic acids is 2. The van der Waals surface area contributed by atoms with Crippen LogP contribution in [0.15, 0.2) is 63.9 Å². The van der Waals surface area contributed by atoms with E-state index < -0.39 is 23.5 Å². The molecular weight excluding hydrogens is 458 g/mol. The fraction of sp³-hybridized carbons (Fsp3) is 0.167. The van der Waals surface area contributed by atoms with Crippen molar-refractivity contribution in [2.24, 2.45) is 11.6 Å². The van der Waals surface area contributed by atoms with E-state index in [2.05, 4.69) is 0 Å². The molecule has 11 nitrogen and oxygen atoms in total. The highest BCUT2D eigenvalue weighted by molar-refractivity contribution is 5.87. The molecule has 3 rings (SSSR count). The SMILES string of the molecule is N/C(=C\N(N)Cc1ccc(C(=O)O)cc1)c1ccc2c(COC(=O)CCC(=O)O)cc(=O)oc2c1. The van der Waals surface area contributed by atoms with Crippen LogP contribution in [0.2, 0.25) is 0 Å². The van der Waals surface area contributed by atoms with Crippen LogP contribution in [0.25, 0.3) is 16.7 Å². The van der Waals surface area contributed by atoms with Crippen molar-refractivity contribution in [3.05, 3.63) is 87.4 Å². The van der Waals surface area contributed by atoms with Crippen molar-refractivity contribution in [1.82, 2.24) is 5.01 Å². The Kier molecular flexibility index (Phi) is 7.85. The smallest absolute Gasteiger partial charge is 0.336 e. The number of carbonyl (C=O) groups excluding carboxylic acids is 1. The molecule has 11 heteroatoms. The zero-order chi connectivity index (χ0) is 25.5. The maximum absolute atomic E-state index is 12.0. The molecule has 0 spiro atoms. The largest absolute Gasteiger partial charge is 0.481 e. The molecule has 1 heterocycles. The highest BCUT2D eigenvalue weighted by atomic mass is 16.5. The Morgan fingerprint density at radius 1 is 1.00 bits per heavy atom. The number of ether oxygens (including phenoxy) is 1. The van der Waals surface area contributed by atoms with Crippen molar-refractivity contribution in [2.75, 3.05) is 0 Å². The summed E-state index contributed by atoms with van der Waals surface area (Å²) < 4.78 is 10.3. The zero-order valence-electron chi connectivity index (χ0n) is 18.5. The Morgan fingerprint density at radius 2 is 1.69 bits per heavy atom. The minimum absolute atomic E-state index is 0.166. The van der Waals surface area contributed by atoms with E-state index in [0.717, 1.165) is 5.56 Å². The molecule has 0 aliphatic carbocycles. The molecule has 35 heavy (non-hydrogen) atoms. The number of aromatic carboxylic acids is 1. The minimum atomic E-state index is -1.11. The fourth-order valence-corrected chi connectivity index (χ4v) is 3.23. The van der Waals surface area contributed by atoms with E-state index in [1.54, 1.807) is 30.3 Å². The Morgan fingerprint density at radius 3 is 2.34 bits per heavy atom. The summed E-state index contributed by atoms with van der Waals surface area (Å²) in [5.74, 6) is 3.19. The van der Waals surface area contributed by atoms with E-state index in [1.165, 1.54) is 29.4 Å². The summed E-state index contributed by atoms with van der Waals surface area (Å²) in [4.78, 5) is 45.2. The molecule has 0 saturated heterocycles. The van der Waals surface area contributed by atoms with Crippen LogP contribution in [0.1, 0.15) is 39.9 Å². The molecule has 0 radical (unpaired) electrons. The van der Waals surface area contributed by atoms with Crippen molar-refractivity contribution in [3.63, 3.8) is 0 Å². The Bertz CT molecular complexity index is 1350. The van der Waals surface area contributed by atoms with Crippen molar-refractivity contribution in [2.45, 2.75) is 26.0 Å². The quantitative estimate of drug-likeness (QED) is 0.144. The number of hydrazine groups is 1. The van der Waals surface area contributed by atoms with Gasteiger partial charge in [-0.3, -0.25) is 9.59 Å². The average molecular weight is 481 g/mol. The minimum Gasteiger partial charge on any atom is -0.481 e. The van der Waals surface area contributed by atoms with Crippen LogP contribution < -0.4 is 17.2 Å². The van der Waals surface area contributed by atoms with Crippen LogP contribution >= 0.6 is 0 Å². The van der Waals surface area contributed by atoms with Crippen LogP contribution in [0, 0.1) is 0 Å². The van der Waals surface area contributed by atoms with E-state index in [4.69, 9.17) is 30.9 Å². The number of aliphatic carboxylic acids is 1. The van der Waals surface area contributed by atoms with Crippen LogP contribution in [-0.4, -0.2) is 33.1 Å². The van der Waals surface area contributed by atoms with Crippen molar-refractivity contribution < 1.29 is 33.8 Å². The molecule has 0 amide bonds. The maximum Gasteiger partial charge on any atom is 0.336 e. The monoisotopic (exact) mass is 481 g/mol. The van der Waals surface area contributed by atoms with E-state index in [0.29, 0.717) is 16.5 Å². The fourth-order valence-electron chi connectivity index (χ4n) is 3.23. The van der Waals surface area contributed by atoms with E-state index in [-0.39, 0.29) is 42.8 Å². The molecule has 3 aromatic rings. The van der Waals surface area contributed by atoms with Gasteiger partial charge in [-0.05, 0) is 23.8 Å². The summed E-state index contributed by atoms with van der Waals surface area (Å²) in [5, 5.41) is 19.5. The molecule has 0 aliphatic heterocycles. The van der Waals surface area contributed by atoms with Gasteiger partial charge in [-0.1, -0.05) is 24.3 Å². The van der Waals surface area contributed by atoms with Crippen molar-refractivity contribution in [3.8, 4) is 0 Å². The van der Waals surface area contributed by atoms with Gasteiger partial charge in [-0.25, -0.2) is 15.4 Å². The average Bonchev–Trinajstić information content (AvgIpc) is 2.80. The lowest BCUT2D eigenvalue weighted by molar-refractivity contribution is -0.148. The molecule has 182 valence electrons. The number of hydrogen-bond donors (Lipinski definition) is 4. The van der Waals surface area contributed by atoms with Gasteiger partial charge in [0.25, 0.3) is 0 Å². The molecule has 6 N–H and O–H groups in total. The van der Waals surface area contributed by atoms with E-state index >= 15 is 0 Å². The summed E-state index contributed by atoms with van der Waals surface area (Å²) in [5.41, 5.74) is 7.87. The normalized spacial score (nSPS) is 11.3. The van der Waals surface area contributed by atoms with Gasteiger partial charge in [0.1, 0.15) is 12.2 Å². The zero-order valence-corrected chi connectivity index (χ0v) is 18.5. The first-order chi connectivity index (χ1) is 16.6. The third-order valence-corrected chi connectivity index (χ3v) is 4.97. The van der Waals surface area contributed by atoms with Gasteiger partial charge in [-0.2, -0.15) is 0 Å². The highest BCUT2D eigenvalue weighted by Crippen LogP contribution is 2.22. The molecular formula is C24H23N3O8. The lowest BCUT2D eigenvalue weighted by Crippen LogP contribution is -2.25. The number of fused-ring (bicyclic) bond motifs is 1. The van der Waals surface area contributed by atoms with Crippen LogP contribution in [-0.2, 0) is 27.5 Å². The summed E-state index contributed by atoms with van der Waals surface area (Å²) in [6, 6.07) is 12.3. The first-order valence-electron chi connectivity index (χ1n) is 10.4. The van der Waals surface area contributed by atoms with E-state index in [9.17, 15) is 19.2 Å². The van der Waals surface area contributed by atoms with Gasteiger partial charge < -0.3 is 30.1 Å². The predicted molar refractivity (Wildman–Crippen MR) is 124 cm³/mol. The van der Waals surface area contributed by atoms with Crippen LogP contribution in [0.4, 0.5) is 0 Å². The summed E-state index contributed by atoms with van der Waals surface area (Å²) >= 11 is 0. The second kappa shape index (κ2) is 11.0. The standard InChI is InChI=1S/C24H23N3O8/c25-19(12-27(26)11-14-1-3-15(4-2-14)24(32)33)16-5-6-18-17(10-23(31)35-20(18)9-16)13-34-22(30)8-7-21(28)29/h1-6,9-10,12H,7-8,11,13,25-26H2,(H,28,29)(H,32,33)/b19-12-. The molecule has 0 saturated carbocycles. The van der Waals surface area contributed by atoms with E-state index in [1.807, 2.05) is 0 Å². The van der Waals surface area contributed by atoms with Crippen LogP contribution in [0.3, 0.4) is 0 Å². The lowest BCUT2D eigenvalue weighted by atomic mass is 10.1. The van der Waals surface area contributed by atoms with Gasteiger partial charge in [0.05, 0.1) is 30.6 Å². The Balaban J connectivity index is 1.74. The highest BCUT2D eigenvalue weighted by Gasteiger charge is 2.12. The number of esters is 1. The topological polar surface area (TPSA) is 186 Å². The molecule has 0 aliphatic rings. The first-order valence-corrected chi connectivity index (χ1v) is 10.4. The second-order valence-electron chi connectivity index (χ2n) is 7.61. The van der Waals surface area contributed by atoms with Gasteiger partial charge in [0.15, 0.2) is 0 Å². The van der Waals surface area contributed by atoms with Gasteiger partial charge in [0.2, 0.25) is 0 Å². The third-order valence-electron chi connectivity index (χ3n) is 4.97. The summed E-state index contributed by atoms with van der Waals surface area (Å²) in [7, 11) is 0. The molecule has 2 aromatic carbocycles. The Hall–Kier alpha value is -4.64. The number of rotatable bonds is 10. The van der Waals surface area contributed by atoms with Gasteiger partial charge in [0, 0.05) is 28.8 Å². The molecule has 0 bridgehead atoms. The number of carbonyl (C=O) groups is 3. The summed E-state index contributed by atoms with van der Waals surface area (Å²) in [6.45, 7) is 0.0448. The molecule has 0 unspecified atom stereocenters. The molecule has 1 aromatic heterocycles. The van der Waals surface area contributed by atoms with Crippen molar-refractivity contribution >= 4 is 34.6 Å². The number of nitrogens with zero attached hydrogens (tertiary/aromatic N) is 1. The first kappa shape index (κ1) is 25.0. The van der Waals surface area contributed by atoms with Crippen molar-refractivity contribution in [1.29, 1.82) is 0 Å². The lowest BCUT2D eigenvalue weighted by Gasteiger charge is -2.15. The predicted octanol–water partition coefficient (Wildman–Crippen LogP) is 2.03. The summed E-state index contributed by atoms with van der Waals surface area (Å²) in [6.07, 6.45) is 0.856.